The van der Waals surface area contributed by atoms with Crippen LogP contribution in [0.2, 0.25) is 0 Å². The first-order valence-electron chi connectivity index (χ1n) is 10.3. The lowest BCUT2D eigenvalue weighted by Gasteiger charge is -2.19. The third-order valence-corrected chi connectivity index (χ3v) is 4.99. The Morgan fingerprint density at radius 2 is 2.03 bits per heavy atom. The Bertz CT molecular complexity index is 907. The number of rotatable bonds is 7. The fourth-order valence-corrected chi connectivity index (χ4v) is 3.48. The maximum atomic E-state index is 10.4. The molecule has 2 heterocycles. The number of pyridine rings is 1. The van der Waals surface area contributed by atoms with Gasteiger partial charge in [0.25, 0.3) is 0 Å². The lowest BCUT2D eigenvalue weighted by molar-refractivity contribution is 0.157. The first-order valence-corrected chi connectivity index (χ1v) is 10.3. The molecule has 3 rings (SSSR count). The second-order valence-corrected chi connectivity index (χ2v) is 7.29. The van der Waals surface area contributed by atoms with Crippen LogP contribution in [-0.4, -0.2) is 57.1 Å². The Kier molecular flexibility index (Phi) is 7.44. The summed E-state index contributed by atoms with van der Waals surface area (Å²) in [6.45, 7) is 7.10. The number of hydrogen-bond donors (Lipinski definition) is 4. The highest BCUT2D eigenvalue weighted by Gasteiger charge is 2.33. The van der Waals surface area contributed by atoms with Gasteiger partial charge in [-0.05, 0) is 45.6 Å². The lowest BCUT2D eigenvalue weighted by Crippen LogP contribution is -2.29. The molecule has 4 N–H and O–H groups in total. The molecule has 1 aliphatic rings. The predicted octanol–water partition coefficient (Wildman–Crippen LogP) is 1.95. The van der Waals surface area contributed by atoms with Gasteiger partial charge >= 0.3 is 0 Å². The zero-order chi connectivity index (χ0) is 21.5. The molecule has 0 aromatic carbocycles. The molecule has 3 atom stereocenters. The van der Waals surface area contributed by atoms with Crippen LogP contribution in [0.5, 0.6) is 5.88 Å². The van der Waals surface area contributed by atoms with E-state index in [4.69, 9.17) is 4.74 Å². The van der Waals surface area contributed by atoms with Crippen LogP contribution in [0, 0.1) is 24.7 Å². The first-order chi connectivity index (χ1) is 14.5. The standard InChI is InChI=1S/C22H29N5O3/c1-4-23-22-25-14(3)17(8-6-15-7-9-20(24-12-15)30-5-2)21(27-22)26-18-10-16(13-28)11-19(18)29/h7,9,12,16,18-19,28-29H,4-5,10-11,13H2,1-3H3,(H2,23,25,26,27)/t16-,18+,19+/m0/s1. The molecule has 1 aliphatic carbocycles. The molecule has 8 nitrogen and oxygen atoms in total. The summed E-state index contributed by atoms with van der Waals surface area (Å²) in [6, 6.07) is 3.45. The Balaban J connectivity index is 1.89. The van der Waals surface area contributed by atoms with E-state index in [0.29, 0.717) is 49.2 Å². The van der Waals surface area contributed by atoms with Gasteiger partial charge in [-0.15, -0.1) is 0 Å². The molecule has 0 amide bonds. The minimum absolute atomic E-state index is 0.0675. The van der Waals surface area contributed by atoms with Crippen LogP contribution < -0.4 is 15.4 Å². The van der Waals surface area contributed by atoms with Crippen molar-refractivity contribution in [1.29, 1.82) is 0 Å². The molecule has 0 aliphatic heterocycles. The smallest absolute Gasteiger partial charge is 0.224 e. The van der Waals surface area contributed by atoms with Crippen molar-refractivity contribution in [2.75, 3.05) is 30.4 Å². The Morgan fingerprint density at radius 3 is 2.67 bits per heavy atom. The maximum Gasteiger partial charge on any atom is 0.224 e. The van der Waals surface area contributed by atoms with Crippen LogP contribution in [-0.2, 0) is 0 Å². The Morgan fingerprint density at radius 1 is 1.20 bits per heavy atom. The number of hydrogen-bond acceptors (Lipinski definition) is 8. The highest BCUT2D eigenvalue weighted by atomic mass is 16.5. The average molecular weight is 412 g/mol. The van der Waals surface area contributed by atoms with Crippen LogP contribution in [0.15, 0.2) is 18.3 Å². The summed E-state index contributed by atoms with van der Waals surface area (Å²) in [5.74, 6) is 8.00. The van der Waals surface area contributed by atoms with Crippen LogP contribution in [0.1, 0.15) is 43.5 Å². The van der Waals surface area contributed by atoms with Crippen molar-refractivity contribution in [1.82, 2.24) is 15.0 Å². The van der Waals surface area contributed by atoms with Crippen LogP contribution >= 0.6 is 0 Å². The molecular formula is C22H29N5O3. The predicted molar refractivity (Wildman–Crippen MR) is 116 cm³/mol. The Labute approximate surface area is 177 Å². The van der Waals surface area contributed by atoms with Gasteiger partial charge in [0.15, 0.2) is 0 Å². The van der Waals surface area contributed by atoms with Gasteiger partial charge in [0, 0.05) is 31.0 Å². The van der Waals surface area contributed by atoms with E-state index in [-0.39, 0.29) is 18.6 Å². The minimum atomic E-state index is -0.545. The highest BCUT2D eigenvalue weighted by molar-refractivity contribution is 5.60. The van der Waals surface area contributed by atoms with E-state index >= 15 is 0 Å². The zero-order valence-corrected chi connectivity index (χ0v) is 17.6. The van der Waals surface area contributed by atoms with Crippen molar-refractivity contribution < 1.29 is 14.9 Å². The van der Waals surface area contributed by atoms with E-state index in [2.05, 4.69) is 37.4 Å². The van der Waals surface area contributed by atoms with Crippen LogP contribution in [0.25, 0.3) is 0 Å². The molecule has 0 saturated heterocycles. The molecule has 2 aromatic rings. The lowest BCUT2D eigenvalue weighted by atomic mass is 10.1. The summed E-state index contributed by atoms with van der Waals surface area (Å²) < 4.78 is 5.36. The molecule has 30 heavy (non-hydrogen) atoms. The van der Waals surface area contributed by atoms with Crippen molar-refractivity contribution in [2.45, 2.75) is 45.8 Å². The number of aliphatic hydroxyl groups excluding tert-OH is 2. The fraction of sp³-hybridized carbons (Fsp3) is 0.500. The molecule has 1 saturated carbocycles. The molecule has 160 valence electrons. The number of ether oxygens (including phenoxy) is 1. The largest absolute Gasteiger partial charge is 0.478 e. The third kappa shape index (κ3) is 5.38. The van der Waals surface area contributed by atoms with Gasteiger partial charge in [-0.3, -0.25) is 0 Å². The van der Waals surface area contributed by atoms with Crippen LogP contribution in [0.3, 0.4) is 0 Å². The molecule has 0 unspecified atom stereocenters. The van der Waals surface area contributed by atoms with E-state index in [1.54, 1.807) is 12.3 Å². The average Bonchev–Trinajstić information content (AvgIpc) is 3.08. The summed E-state index contributed by atoms with van der Waals surface area (Å²) in [5, 5.41) is 26.3. The summed E-state index contributed by atoms with van der Waals surface area (Å²) in [4.78, 5) is 13.3. The molecule has 2 aromatic heterocycles. The maximum absolute atomic E-state index is 10.4. The quantitative estimate of drug-likeness (QED) is 0.512. The number of nitrogens with one attached hydrogen (secondary N) is 2. The molecule has 1 fully saturated rings. The summed E-state index contributed by atoms with van der Waals surface area (Å²) >= 11 is 0. The second kappa shape index (κ2) is 10.2. The van der Waals surface area contributed by atoms with Gasteiger partial charge in [0.05, 0.1) is 30.0 Å². The minimum Gasteiger partial charge on any atom is -0.478 e. The molecule has 0 spiro atoms. The first kappa shape index (κ1) is 21.8. The van der Waals surface area contributed by atoms with Crippen molar-refractivity contribution in [3.05, 3.63) is 35.2 Å². The van der Waals surface area contributed by atoms with Gasteiger partial charge < -0.3 is 25.6 Å². The highest BCUT2D eigenvalue weighted by Crippen LogP contribution is 2.29. The monoisotopic (exact) mass is 411 g/mol. The zero-order valence-electron chi connectivity index (χ0n) is 17.6. The molecule has 0 radical (unpaired) electrons. The van der Waals surface area contributed by atoms with Gasteiger partial charge in [-0.25, -0.2) is 9.97 Å². The van der Waals surface area contributed by atoms with Gasteiger partial charge in [0.2, 0.25) is 11.8 Å². The second-order valence-electron chi connectivity index (χ2n) is 7.29. The van der Waals surface area contributed by atoms with E-state index in [1.807, 2.05) is 26.8 Å². The van der Waals surface area contributed by atoms with E-state index in [0.717, 1.165) is 11.3 Å². The van der Waals surface area contributed by atoms with Gasteiger partial charge in [-0.2, -0.15) is 4.98 Å². The molecular weight excluding hydrogens is 382 g/mol. The van der Waals surface area contributed by atoms with Crippen molar-refractivity contribution in [3.8, 4) is 17.7 Å². The molecule has 8 heteroatoms. The number of aliphatic hydroxyl groups is 2. The topological polar surface area (TPSA) is 112 Å². The number of aromatic nitrogens is 3. The van der Waals surface area contributed by atoms with Crippen molar-refractivity contribution >= 4 is 11.8 Å². The number of anilines is 2. The summed E-state index contributed by atoms with van der Waals surface area (Å²) in [6.07, 6.45) is 2.36. The van der Waals surface area contributed by atoms with Crippen molar-refractivity contribution in [2.24, 2.45) is 5.92 Å². The molecule has 0 bridgehead atoms. The van der Waals surface area contributed by atoms with E-state index < -0.39 is 6.10 Å². The Hall–Kier alpha value is -2.89. The van der Waals surface area contributed by atoms with Crippen LogP contribution in [0.4, 0.5) is 11.8 Å². The normalized spacial score (nSPS) is 20.4. The van der Waals surface area contributed by atoms with Crippen molar-refractivity contribution in [3.63, 3.8) is 0 Å². The summed E-state index contributed by atoms with van der Waals surface area (Å²) in [7, 11) is 0. The fourth-order valence-electron chi connectivity index (χ4n) is 3.48. The third-order valence-electron chi connectivity index (χ3n) is 4.99. The SMILES string of the molecule is CCNc1nc(C)c(C#Cc2ccc(OCC)nc2)c(N[C@@H]2C[C@H](CO)C[C@H]2O)n1. The number of aryl methyl sites for hydroxylation is 1. The van der Waals surface area contributed by atoms with E-state index in [1.165, 1.54) is 0 Å². The van der Waals surface area contributed by atoms with Gasteiger partial charge in [0.1, 0.15) is 5.82 Å². The van der Waals surface area contributed by atoms with E-state index in [9.17, 15) is 10.2 Å². The van der Waals surface area contributed by atoms with Gasteiger partial charge in [-0.1, -0.05) is 11.8 Å². The summed E-state index contributed by atoms with van der Waals surface area (Å²) in [5.41, 5.74) is 2.16. The number of nitrogens with zero attached hydrogens (tertiary/aromatic N) is 3.